The van der Waals surface area contributed by atoms with Crippen molar-refractivity contribution in [3.8, 4) is 11.5 Å². The molecule has 0 aliphatic heterocycles. The highest BCUT2D eigenvalue weighted by Crippen LogP contribution is 2.35. The van der Waals surface area contributed by atoms with Gasteiger partial charge in [-0.05, 0) is 23.0 Å². The summed E-state index contributed by atoms with van der Waals surface area (Å²) in [4.78, 5) is 0. The van der Waals surface area contributed by atoms with Crippen LogP contribution >= 0.6 is 0 Å². The van der Waals surface area contributed by atoms with Crippen molar-refractivity contribution in [1.82, 2.24) is 0 Å². The average Bonchev–Trinajstić information content (AvgIpc) is 2.36. The molecule has 0 aromatic heterocycles. The molecular weight excluding hydrogens is 199 g/mol. The predicted octanol–water partition coefficient (Wildman–Crippen LogP) is 2.89. The molecule has 0 amide bonds. The maximum absolute atomic E-state index is 6.34. The summed E-state index contributed by atoms with van der Waals surface area (Å²) in [6.45, 7) is 4.19. The van der Waals surface area contributed by atoms with Gasteiger partial charge < -0.3 is 9.47 Å². The van der Waals surface area contributed by atoms with Crippen LogP contribution in [0.4, 0.5) is 0 Å². The minimum atomic E-state index is -0.278. The molecule has 1 rings (SSSR count). The molecule has 0 aliphatic rings. The van der Waals surface area contributed by atoms with Gasteiger partial charge in [-0.3, -0.25) is 0 Å². The smallest absolute Gasteiger partial charge is 0.160 e. The van der Waals surface area contributed by atoms with Crippen molar-refractivity contribution in [2.45, 2.75) is 32.0 Å². The summed E-state index contributed by atoms with van der Waals surface area (Å²) in [6.07, 6.45) is 1.80. The molecule has 0 atom stereocenters. The zero-order chi connectivity index (χ0) is 12.2. The lowest BCUT2D eigenvalue weighted by atomic mass is 9.61. The van der Waals surface area contributed by atoms with Crippen molar-refractivity contribution < 1.29 is 9.47 Å². The van der Waals surface area contributed by atoms with Gasteiger partial charge in [0.1, 0.15) is 0 Å². The topological polar surface area (TPSA) is 18.5 Å². The highest BCUT2D eigenvalue weighted by atomic mass is 16.5. The normalized spacial score (nSPS) is 11.2. The third-order valence-corrected chi connectivity index (χ3v) is 3.22. The summed E-state index contributed by atoms with van der Waals surface area (Å²) in [5, 5.41) is -0.278. The SMILES string of the molecule is [B]C(CC)(CC)c1ccc(OC)c(OC)c1. The Hall–Kier alpha value is -1.12. The minimum Gasteiger partial charge on any atom is -0.493 e. The van der Waals surface area contributed by atoms with Crippen LogP contribution < -0.4 is 9.47 Å². The first kappa shape index (κ1) is 13.0. The summed E-state index contributed by atoms with van der Waals surface area (Å²) in [5.74, 6) is 1.47. The fourth-order valence-electron chi connectivity index (χ4n) is 1.80. The second-order valence-electron chi connectivity index (χ2n) is 3.93. The first-order valence-corrected chi connectivity index (χ1v) is 5.62. The lowest BCUT2D eigenvalue weighted by Gasteiger charge is -2.28. The van der Waals surface area contributed by atoms with Crippen LogP contribution in [0.25, 0.3) is 0 Å². The molecule has 0 unspecified atom stereocenters. The first-order chi connectivity index (χ1) is 7.61. The summed E-state index contributed by atoms with van der Waals surface area (Å²) in [5.41, 5.74) is 1.09. The molecule has 2 radical (unpaired) electrons. The third kappa shape index (κ3) is 2.34. The van der Waals surface area contributed by atoms with Crippen LogP contribution in [0.15, 0.2) is 18.2 Å². The van der Waals surface area contributed by atoms with Crippen molar-refractivity contribution in [2.24, 2.45) is 0 Å². The van der Waals surface area contributed by atoms with Gasteiger partial charge in [-0.15, -0.1) is 0 Å². The Balaban J connectivity index is 3.16. The van der Waals surface area contributed by atoms with E-state index >= 15 is 0 Å². The maximum atomic E-state index is 6.34. The molecule has 0 saturated carbocycles. The number of benzene rings is 1. The van der Waals surface area contributed by atoms with Gasteiger partial charge in [-0.1, -0.05) is 32.8 Å². The van der Waals surface area contributed by atoms with Gasteiger partial charge in [0.15, 0.2) is 11.5 Å². The second kappa shape index (κ2) is 5.28. The van der Waals surface area contributed by atoms with Crippen LogP contribution in [-0.2, 0) is 5.31 Å². The number of methoxy groups -OCH3 is 2. The monoisotopic (exact) mass is 218 g/mol. The Morgan fingerprint density at radius 3 is 2.06 bits per heavy atom. The third-order valence-electron chi connectivity index (χ3n) is 3.22. The fraction of sp³-hybridized carbons (Fsp3) is 0.538. The van der Waals surface area contributed by atoms with Crippen LogP contribution in [0.3, 0.4) is 0 Å². The molecule has 0 heterocycles. The Kier molecular flexibility index (Phi) is 4.28. The zero-order valence-electron chi connectivity index (χ0n) is 10.5. The van der Waals surface area contributed by atoms with E-state index in [1.54, 1.807) is 14.2 Å². The Labute approximate surface area is 99.4 Å². The lowest BCUT2D eigenvalue weighted by Crippen LogP contribution is -2.24. The summed E-state index contributed by atoms with van der Waals surface area (Å²) in [7, 11) is 9.61. The number of ether oxygens (including phenoxy) is 2. The standard InChI is InChI=1S/C13H19BO2/c1-5-13(14,6-2)10-7-8-11(15-3)12(9-10)16-4/h7-9H,5-6H2,1-4H3. The molecule has 0 spiro atoms. The summed E-state index contributed by atoms with van der Waals surface area (Å²) >= 11 is 0. The van der Waals surface area contributed by atoms with Crippen LogP contribution in [0.2, 0.25) is 0 Å². The molecule has 0 bridgehead atoms. The van der Waals surface area contributed by atoms with E-state index in [2.05, 4.69) is 13.8 Å². The lowest BCUT2D eigenvalue weighted by molar-refractivity contribution is 0.353. The molecule has 0 saturated heterocycles. The molecule has 86 valence electrons. The molecule has 1 aromatic carbocycles. The Morgan fingerprint density at radius 1 is 1.06 bits per heavy atom. The second-order valence-corrected chi connectivity index (χ2v) is 3.93. The largest absolute Gasteiger partial charge is 0.493 e. The zero-order valence-corrected chi connectivity index (χ0v) is 10.5. The molecule has 2 nitrogen and oxygen atoms in total. The van der Waals surface area contributed by atoms with Crippen LogP contribution in [0.5, 0.6) is 11.5 Å². The quantitative estimate of drug-likeness (QED) is 0.707. The van der Waals surface area contributed by atoms with Gasteiger partial charge >= 0.3 is 0 Å². The number of rotatable bonds is 5. The molecule has 0 aliphatic carbocycles. The highest BCUT2D eigenvalue weighted by molar-refractivity contribution is 6.15. The van der Waals surface area contributed by atoms with Crippen LogP contribution in [-0.4, -0.2) is 22.1 Å². The van der Waals surface area contributed by atoms with E-state index in [-0.39, 0.29) is 5.31 Å². The van der Waals surface area contributed by atoms with Gasteiger partial charge in [0.05, 0.1) is 22.1 Å². The van der Waals surface area contributed by atoms with Crippen LogP contribution in [0, 0.1) is 0 Å². The molecule has 0 N–H and O–H groups in total. The predicted molar refractivity (Wildman–Crippen MR) is 67.6 cm³/mol. The van der Waals surface area contributed by atoms with Gasteiger partial charge in [-0.25, -0.2) is 0 Å². The average molecular weight is 218 g/mol. The highest BCUT2D eigenvalue weighted by Gasteiger charge is 2.22. The molecule has 16 heavy (non-hydrogen) atoms. The maximum Gasteiger partial charge on any atom is 0.160 e. The van der Waals surface area contributed by atoms with Crippen molar-refractivity contribution in [3.63, 3.8) is 0 Å². The first-order valence-electron chi connectivity index (χ1n) is 5.62. The number of hydrogen-bond acceptors (Lipinski definition) is 2. The van der Waals surface area contributed by atoms with E-state index in [0.717, 1.165) is 29.9 Å². The van der Waals surface area contributed by atoms with Crippen molar-refractivity contribution in [1.29, 1.82) is 0 Å². The Morgan fingerprint density at radius 2 is 1.62 bits per heavy atom. The van der Waals surface area contributed by atoms with E-state index < -0.39 is 0 Å². The summed E-state index contributed by atoms with van der Waals surface area (Å²) < 4.78 is 10.5. The number of hydrogen-bond donors (Lipinski definition) is 0. The van der Waals surface area contributed by atoms with E-state index in [1.807, 2.05) is 18.2 Å². The van der Waals surface area contributed by atoms with Crippen molar-refractivity contribution in [2.75, 3.05) is 14.2 Å². The van der Waals surface area contributed by atoms with Gasteiger partial charge in [-0.2, -0.15) is 0 Å². The van der Waals surface area contributed by atoms with Crippen molar-refractivity contribution in [3.05, 3.63) is 23.8 Å². The molecule has 0 fully saturated rings. The van der Waals surface area contributed by atoms with E-state index in [4.69, 9.17) is 17.3 Å². The molecule has 3 heteroatoms. The van der Waals surface area contributed by atoms with Gasteiger partial charge in [0, 0.05) is 0 Å². The Bertz CT molecular complexity index is 346. The fourth-order valence-corrected chi connectivity index (χ4v) is 1.80. The van der Waals surface area contributed by atoms with E-state index in [1.165, 1.54) is 0 Å². The van der Waals surface area contributed by atoms with E-state index in [9.17, 15) is 0 Å². The van der Waals surface area contributed by atoms with Gasteiger partial charge in [0.25, 0.3) is 0 Å². The van der Waals surface area contributed by atoms with Gasteiger partial charge in [0.2, 0.25) is 0 Å². The minimum absolute atomic E-state index is 0.278. The van der Waals surface area contributed by atoms with Crippen LogP contribution in [0.1, 0.15) is 32.3 Å². The van der Waals surface area contributed by atoms with E-state index in [0.29, 0.717) is 0 Å². The molecular formula is C13H19BO2. The molecule has 1 aromatic rings. The van der Waals surface area contributed by atoms with Crippen molar-refractivity contribution >= 4 is 7.85 Å². The summed E-state index contributed by atoms with van der Waals surface area (Å²) in [6, 6.07) is 5.88.